The third kappa shape index (κ3) is 36.7. The maximum atomic E-state index is 12.4. The first-order valence-electron chi connectivity index (χ1n) is 19.8. The van der Waals surface area contributed by atoms with Crippen LogP contribution in [-0.2, 0) is 4.74 Å². The Morgan fingerprint density at radius 2 is 0.913 bits per heavy atom. The van der Waals surface area contributed by atoms with Crippen LogP contribution in [0, 0.1) is 0 Å². The van der Waals surface area contributed by atoms with E-state index in [9.17, 15) is 4.79 Å². The Morgan fingerprint density at radius 1 is 0.543 bits per heavy atom. The van der Waals surface area contributed by atoms with Gasteiger partial charge in [-0.15, -0.1) is 0 Å². The molecule has 0 unspecified atom stereocenters. The largest absolute Gasteiger partial charge is 0.448 e. The molecule has 0 saturated heterocycles. The number of likely N-dealkylation sites (N-methyl/N-ethyl adjacent to an activating group) is 1. The third-order valence-electron chi connectivity index (χ3n) is 8.60. The Balaban J connectivity index is 4.01. The molecule has 0 atom stereocenters. The van der Waals surface area contributed by atoms with Gasteiger partial charge in [-0.05, 0) is 91.1 Å². The monoisotopic (exact) mass is 643 g/mol. The number of carbonyl (C=O) groups is 1. The van der Waals surface area contributed by atoms with Gasteiger partial charge in [0.25, 0.3) is 0 Å². The summed E-state index contributed by atoms with van der Waals surface area (Å²) in [6.07, 6.45) is 51.0. The van der Waals surface area contributed by atoms with Gasteiger partial charge in [-0.3, -0.25) is 0 Å². The van der Waals surface area contributed by atoms with Crippen LogP contribution in [0.2, 0.25) is 0 Å². The normalized spacial score (nSPS) is 12.9. The van der Waals surface area contributed by atoms with Crippen molar-refractivity contribution < 1.29 is 9.53 Å². The van der Waals surface area contributed by atoms with Gasteiger partial charge < -0.3 is 15.0 Å². The Hall–Kier alpha value is -1.81. The number of rotatable bonds is 34. The molecule has 0 aliphatic heterocycles. The first-order chi connectivity index (χ1) is 22.6. The first-order valence-corrected chi connectivity index (χ1v) is 19.8. The van der Waals surface area contributed by atoms with E-state index in [0.717, 1.165) is 32.2 Å². The van der Waals surface area contributed by atoms with Crippen molar-refractivity contribution in [3.8, 4) is 0 Å². The fraction of sp³-hybridized carbons (Fsp3) is 0.786. The van der Waals surface area contributed by atoms with Crippen LogP contribution in [0.4, 0.5) is 4.79 Å². The van der Waals surface area contributed by atoms with Gasteiger partial charge >= 0.3 is 6.09 Å². The van der Waals surface area contributed by atoms with E-state index in [2.05, 4.69) is 67.8 Å². The zero-order chi connectivity index (χ0) is 33.6. The van der Waals surface area contributed by atoms with Crippen molar-refractivity contribution in [3.05, 3.63) is 48.6 Å². The second-order valence-electron chi connectivity index (χ2n) is 13.5. The molecule has 0 aliphatic rings. The summed E-state index contributed by atoms with van der Waals surface area (Å²) in [5.41, 5.74) is 0. The maximum Gasteiger partial charge on any atom is 0.407 e. The zero-order valence-electron chi connectivity index (χ0n) is 31.3. The maximum absolute atomic E-state index is 12.4. The van der Waals surface area contributed by atoms with Gasteiger partial charge in [0.2, 0.25) is 0 Å². The molecule has 0 aliphatic carbocycles. The molecule has 1 amide bonds. The Kier molecular flexibility index (Phi) is 36.2. The van der Waals surface area contributed by atoms with E-state index >= 15 is 0 Å². The summed E-state index contributed by atoms with van der Waals surface area (Å²) in [4.78, 5) is 14.4. The molecule has 1 N–H and O–H groups in total. The minimum atomic E-state index is -0.244. The molecule has 46 heavy (non-hydrogen) atoms. The van der Waals surface area contributed by atoms with Gasteiger partial charge in [0.15, 0.2) is 0 Å². The van der Waals surface area contributed by atoms with Crippen LogP contribution < -0.4 is 5.32 Å². The number of allylic oxidation sites excluding steroid dienone is 8. The molecule has 0 rings (SSSR count). The van der Waals surface area contributed by atoms with Gasteiger partial charge in [-0.25, -0.2) is 4.79 Å². The quantitative estimate of drug-likeness (QED) is 0.0561. The lowest BCUT2D eigenvalue weighted by Crippen LogP contribution is -2.36. The second-order valence-corrected chi connectivity index (χ2v) is 13.5. The highest BCUT2D eigenvalue weighted by atomic mass is 16.5. The summed E-state index contributed by atoms with van der Waals surface area (Å²) >= 11 is 0. The molecule has 0 aromatic heterocycles. The van der Waals surface area contributed by atoms with E-state index in [1.54, 1.807) is 0 Å². The fourth-order valence-electron chi connectivity index (χ4n) is 5.58. The Bertz CT molecular complexity index is 692. The van der Waals surface area contributed by atoms with Gasteiger partial charge in [-0.1, -0.05) is 152 Å². The minimum absolute atomic E-state index is 0.239. The molecule has 0 aromatic carbocycles. The molecule has 0 fully saturated rings. The number of amides is 1. The number of alkyl carbamates (subject to hydrolysis) is 1. The number of ether oxygens (including phenoxy) is 1. The highest BCUT2D eigenvalue weighted by Gasteiger charge is 2.13. The molecule has 0 bridgehead atoms. The van der Waals surface area contributed by atoms with Crippen molar-refractivity contribution in [1.29, 1.82) is 0 Å². The van der Waals surface area contributed by atoms with Crippen molar-refractivity contribution in [3.63, 3.8) is 0 Å². The number of hydrogen-bond donors (Lipinski definition) is 1. The first kappa shape index (κ1) is 44.2. The van der Waals surface area contributed by atoms with Crippen LogP contribution in [0.25, 0.3) is 0 Å². The highest BCUT2D eigenvalue weighted by Crippen LogP contribution is 2.16. The smallest absolute Gasteiger partial charge is 0.407 e. The van der Waals surface area contributed by atoms with Gasteiger partial charge in [0.05, 0.1) is 0 Å². The lowest BCUT2D eigenvalue weighted by atomic mass is 10.00. The average molecular weight is 643 g/mol. The molecule has 0 saturated carbocycles. The van der Waals surface area contributed by atoms with E-state index in [1.807, 2.05) is 19.0 Å². The van der Waals surface area contributed by atoms with Crippen LogP contribution in [0.3, 0.4) is 0 Å². The lowest BCUT2D eigenvalue weighted by molar-refractivity contribution is 0.131. The van der Waals surface area contributed by atoms with Crippen molar-refractivity contribution in [2.45, 2.75) is 187 Å². The molecular weight excluding hydrogens is 564 g/mol. The van der Waals surface area contributed by atoms with Crippen molar-refractivity contribution in [2.75, 3.05) is 27.2 Å². The van der Waals surface area contributed by atoms with Crippen LogP contribution in [-0.4, -0.2) is 44.3 Å². The highest BCUT2D eigenvalue weighted by molar-refractivity contribution is 5.67. The van der Waals surface area contributed by atoms with Crippen LogP contribution >= 0.6 is 0 Å². The topological polar surface area (TPSA) is 41.6 Å². The standard InChI is InChI=1S/C42H78N2O2/c1-5-7-9-11-13-15-17-19-21-23-25-27-29-31-33-35-37-41(43-42(45)46-40-39-44(3)4)38-36-34-32-30-28-26-24-22-20-18-16-14-12-10-8-6-2/h13-16,19-22,41H,5-12,17-18,23-40H2,1-4H3,(H,43,45). The molecule has 0 aromatic rings. The predicted molar refractivity (Wildman–Crippen MR) is 205 cm³/mol. The van der Waals surface area contributed by atoms with E-state index < -0.39 is 0 Å². The second kappa shape index (κ2) is 37.6. The molecule has 0 spiro atoms. The van der Waals surface area contributed by atoms with Gasteiger partial charge in [0.1, 0.15) is 6.61 Å². The molecule has 0 heterocycles. The van der Waals surface area contributed by atoms with Gasteiger partial charge in [0, 0.05) is 12.6 Å². The number of unbranched alkanes of at least 4 members (excludes halogenated alkanes) is 18. The number of nitrogens with one attached hydrogen (secondary N) is 1. The van der Waals surface area contributed by atoms with Crippen LogP contribution in [0.15, 0.2) is 48.6 Å². The summed E-state index contributed by atoms with van der Waals surface area (Å²) < 4.78 is 5.44. The SMILES string of the molecule is CCCCCC=CCC=CCCCCCCCCC(CCCCCCCCC=CCC=CCCCCC)NC(=O)OCCN(C)C. The minimum Gasteiger partial charge on any atom is -0.448 e. The predicted octanol–water partition coefficient (Wildman–Crippen LogP) is 13.0. The molecule has 0 radical (unpaired) electrons. The summed E-state index contributed by atoms with van der Waals surface area (Å²) in [5, 5.41) is 3.19. The summed E-state index contributed by atoms with van der Waals surface area (Å²) in [5.74, 6) is 0. The van der Waals surface area contributed by atoms with Crippen molar-refractivity contribution in [2.24, 2.45) is 0 Å². The Labute approximate surface area is 288 Å². The average Bonchev–Trinajstić information content (AvgIpc) is 3.04. The molecule has 4 heteroatoms. The molecule has 4 nitrogen and oxygen atoms in total. The van der Waals surface area contributed by atoms with Gasteiger partial charge in [-0.2, -0.15) is 0 Å². The fourth-order valence-corrected chi connectivity index (χ4v) is 5.58. The summed E-state index contributed by atoms with van der Waals surface area (Å²) in [6.45, 7) is 5.73. The van der Waals surface area contributed by atoms with Crippen molar-refractivity contribution >= 4 is 6.09 Å². The number of nitrogens with zero attached hydrogens (tertiary/aromatic N) is 1. The Morgan fingerprint density at radius 3 is 1.30 bits per heavy atom. The van der Waals surface area contributed by atoms with E-state index in [0.29, 0.717) is 6.61 Å². The number of hydrogen-bond acceptors (Lipinski definition) is 3. The van der Waals surface area contributed by atoms with E-state index in [4.69, 9.17) is 4.74 Å². The van der Waals surface area contributed by atoms with Crippen molar-refractivity contribution in [1.82, 2.24) is 10.2 Å². The molecular formula is C42H78N2O2. The molecule has 268 valence electrons. The lowest BCUT2D eigenvalue weighted by Gasteiger charge is -2.19. The summed E-state index contributed by atoms with van der Waals surface area (Å²) in [7, 11) is 4.00. The van der Waals surface area contributed by atoms with Crippen LogP contribution in [0.1, 0.15) is 181 Å². The van der Waals surface area contributed by atoms with E-state index in [1.165, 1.54) is 141 Å². The van der Waals surface area contributed by atoms with Crippen LogP contribution in [0.5, 0.6) is 0 Å². The third-order valence-corrected chi connectivity index (χ3v) is 8.60. The van der Waals surface area contributed by atoms with E-state index in [-0.39, 0.29) is 12.1 Å². The zero-order valence-corrected chi connectivity index (χ0v) is 31.3. The summed E-state index contributed by atoms with van der Waals surface area (Å²) in [6, 6.07) is 0.239. The number of carbonyl (C=O) groups excluding carboxylic acids is 1.